The van der Waals surface area contributed by atoms with E-state index in [0.29, 0.717) is 0 Å². The van der Waals surface area contributed by atoms with E-state index in [2.05, 4.69) is 11.8 Å². The minimum absolute atomic E-state index is 0.147. The molecule has 0 saturated carbocycles. The lowest BCUT2D eigenvalue weighted by molar-refractivity contribution is 0.242. The van der Waals surface area contributed by atoms with Crippen molar-refractivity contribution in [2.75, 3.05) is 0 Å². The van der Waals surface area contributed by atoms with Gasteiger partial charge in [0.25, 0.3) is 0 Å². The second kappa shape index (κ2) is 4.94. The Labute approximate surface area is 84.1 Å². The van der Waals surface area contributed by atoms with Crippen molar-refractivity contribution in [3.8, 4) is 23.7 Å². The standard InChI is InChI=1S/C12H11NO/c1-10(2)14-12-7-3-5-11(9-12)6-4-8-13/h3,5,7,9-10H,1-2H3. The van der Waals surface area contributed by atoms with E-state index >= 15 is 0 Å². The van der Waals surface area contributed by atoms with Gasteiger partial charge in [-0.3, -0.25) is 0 Å². The summed E-state index contributed by atoms with van der Waals surface area (Å²) in [5, 5.41) is 8.29. The smallest absolute Gasteiger partial charge is 0.152 e. The van der Waals surface area contributed by atoms with Crippen molar-refractivity contribution in [2.45, 2.75) is 20.0 Å². The first kappa shape index (κ1) is 10.2. The SMILES string of the molecule is CC(C)Oc1cccc(C#CC#N)c1. The largest absolute Gasteiger partial charge is 0.491 e. The lowest BCUT2D eigenvalue weighted by Gasteiger charge is -2.09. The summed E-state index contributed by atoms with van der Waals surface area (Å²) in [5.74, 6) is 5.84. The summed E-state index contributed by atoms with van der Waals surface area (Å²) in [6, 6.07) is 9.18. The molecule has 1 rings (SSSR count). The molecule has 70 valence electrons. The summed E-state index contributed by atoms with van der Waals surface area (Å²) < 4.78 is 5.48. The van der Waals surface area contributed by atoms with Gasteiger partial charge in [0.1, 0.15) is 5.75 Å². The molecule has 0 aliphatic rings. The third-order valence-electron chi connectivity index (χ3n) is 1.47. The van der Waals surface area contributed by atoms with Crippen LogP contribution in [0.25, 0.3) is 0 Å². The quantitative estimate of drug-likeness (QED) is 0.662. The van der Waals surface area contributed by atoms with Crippen LogP contribution >= 0.6 is 0 Å². The number of benzene rings is 1. The summed E-state index contributed by atoms with van der Waals surface area (Å²) >= 11 is 0. The molecule has 0 aliphatic heterocycles. The van der Waals surface area contributed by atoms with E-state index in [1.165, 1.54) is 0 Å². The monoisotopic (exact) mass is 185 g/mol. The number of rotatable bonds is 2. The number of hydrogen-bond donors (Lipinski definition) is 0. The highest BCUT2D eigenvalue weighted by molar-refractivity contribution is 5.41. The molecule has 0 aliphatic carbocycles. The van der Waals surface area contributed by atoms with Crippen molar-refractivity contribution < 1.29 is 4.74 Å². The maximum Gasteiger partial charge on any atom is 0.152 e. The normalized spacial score (nSPS) is 8.71. The van der Waals surface area contributed by atoms with Gasteiger partial charge in [-0.1, -0.05) is 12.0 Å². The van der Waals surface area contributed by atoms with E-state index in [1.54, 1.807) is 6.07 Å². The number of nitriles is 1. The highest BCUT2D eigenvalue weighted by Gasteiger charge is 1.97. The first-order valence-electron chi connectivity index (χ1n) is 4.39. The average molecular weight is 185 g/mol. The molecule has 0 unspecified atom stereocenters. The van der Waals surface area contributed by atoms with Crippen LogP contribution in [0.4, 0.5) is 0 Å². The Bertz CT molecular complexity index is 404. The molecule has 0 N–H and O–H groups in total. The first-order valence-corrected chi connectivity index (χ1v) is 4.39. The summed E-state index contributed by atoms with van der Waals surface area (Å²) in [4.78, 5) is 0. The van der Waals surface area contributed by atoms with Crippen molar-refractivity contribution in [3.63, 3.8) is 0 Å². The van der Waals surface area contributed by atoms with Gasteiger partial charge >= 0.3 is 0 Å². The summed E-state index contributed by atoms with van der Waals surface area (Å²) in [6.07, 6.45) is 0.147. The molecule has 0 atom stereocenters. The van der Waals surface area contributed by atoms with Gasteiger partial charge in [0, 0.05) is 11.5 Å². The maximum absolute atomic E-state index is 8.29. The Kier molecular flexibility index (Phi) is 3.58. The van der Waals surface area contributed by atoms with Crippen molar-refractivity contribution in [3.05, 3.63) is 29.8 Å². The first-order chi connectivity index (χ1) is 6.72. The van der Waals surface area contributed by atoms with Crippen LogP contribution in [0.15, 0.2) is 24.3 Å². The number of ether oxygens (including phenoxy) is 1. The van der Waals surface area contributed by atoms with Gasteiger partial charge in [0.05, 0.1) is 6.10 Å². The predicted octanol–water partition coefficient (Wildman–Crippen LogP) is 2.35. The van der Waals surface area contributed by atoms with Crippen LogP contribution < -0.4 is 4.74 Å². The highest BCUT2D eigenvalue weighted by Crippen LogP contribution is 2.13. The maximum atomic E-state index is 8.29. The Hall–Kier alpha value is -1.93. The third-order valence-corrected chi connectivity index (χ3v) is 1.47. The zero-order chi connectivity index (χ0) is 10.4. The molecular formula is C12H11NO. The molecule has 1 aromatic carbocycles. The molecular weight excluding hydrogens is 174 g/mol. The molecule has 0 aromatic heterocycles. The van der Waals surface area contributed by atoms with Crippen molar-refractivity contribution in [2.24, 2.45) is 0 Å². The third kappa shape index (κ3) is 3.21. The zero-order valence-corrected chi connectivity index (χ0v) is 8.24. The molecule has 0 bridgehead atoms. The molecule has 2 heteroatoms. The van der Waals surface area contributed by atoms with E-state index in [9.17, 15) is 0 Å². The summed E-state index contributed by atoms with van der Waals surface area (Å²) in [5.41, 5.74) is 0.796. The lowest BCUT2D eigenvalue weighted by Crippen LogP contribution is -2.05. The van der Waals surface area contributed by atoms with Gasteiger partial charge in [-0.2, -0.15) is 5.26 Å². The average Bonchev–Trinajstić information content (AvgIpc) is 2.14. The van der Waals surface area contributed by atoms with Gasteiger partial charge in [0.2, 0.25) is 0 Å². The fourth-order valence-electron chi connectivity index (χ4n) is 1.02. The fourth-order valence-corrected chi connectivity index (χ4v) is 1.02. The fraction of sp³-hybridized carbons (Fsp3) is 0.250. The van der Waals surface area contributed by atoms with Gasteiger partial charge < -0.3 is 4.74 Å². The van der Waals surface area contributed by atoms with E-state index in [0.717, 1.165) is 11.3 Å². The predicted molar refractivity (Wildman–Crippen MR) is 54.7 cm³/mol. The number of nitrogens with zero attached hydrogens (tertiary/aromatic N) is 1. The Morgan fingerprint density at radius 1 is 1.36 bits per heavy atom. The van der Waals surface area contributed by atoms with E-state index in [4.69, 9.17) is 10.00 Å². The molecule has 0 radical (unpaired) electrons. The van der Waals surface area contributed by atoms with Crippen molar-refractivity contribution in [1.29, 1.82) is 5.26 Å². The van der Waals surface area contributed by atoms with Gasteiger partial charge in [-0.15, -0.1) is 0 Å². The molecule has 0 heterocycles. The molecule has 1 aromatic rings. The van der Waals surface area contributed by atoms with Crippen LogP contribution in [0.2, 0.25) is 0 Å². The van der Waals surface area contributed by atoms with Gasteiger partial charge in [-0.25, -0.2) is 0 Å². The number of hydrogen-bond acceptors (Lipinski definition) is 2. The summed E-state index contributed by atoms with van der Waals surface area (Å²) in [7, 11) is 0. The summed E-state index contributed by atoms with van der Waals surface area (Å²) in [6.45, 7) is 3.93. The Balaban J connectivity index is 2.85. The lowest BCUT2D eigenvalue weighted by atomic mass is 10.2. The zero-order valence-electron chi connectivity index (χ0n) is 8.24. The van der Waals surface area contributed by atoms with E-state index < -0.39 is 0 Å². The topological polar surface area (TPSA) is 33.0 Å². The molecule has 0 amide bonds. The van der Waals surface area contributed by atoms with Crippen LogP contribution in [0.5, 0.6) is 5.75 Å². The van der Waals surface area contributed by atoms with E-state index in [-0.39, 0.29) is 6.10 Å². The highest BCUT2D eigenvalue weighted by atomic mass is 16.5. The molecule has 14 heavy (non-hydrogen) atoms. The van der Waals surface area contributed by atoms with E-state index in [1.807, 2.05) is 38.1 Å². The molecule has 2 nitrogen and oxygen atoms in total. The minimum atomic E-state index is 0.147. The molecule has 0 saturated heterocycles. The minimum Gasteiger partial charge on any atom is -0.491 e. The second-order valence-corrected chi connectivity index (χ2v) is 3.06. The Morgan fingerprint density at radius 3 is 2.79 bits per heavy atom. The Morgan fingerprint density at radius 2 is 2.14 bits per heavy atom. The van der Waals surface area contributed by atoms with Crippen LogP contribution in [-0.4, -0.2) is 6.10 Å². The molecule has 0 spiro atoms. The van der Waals surface area contributed by atoms with Crippen LogP contribution in [0.1, 0.15) is 19.4 Å². The second-order valence-electron chi connectivity index (χ2n) is 3.06. The van der Waals surface area contributed by atoms with Crippen molar-refractivity contribution >= 4 is 0 Å². The van der Waals surface area contributed by atoms with Crippen LogP contribution in [-0.2, 0) is 0 Å². The van der Waals surface area contributed by atoms with Gasteiger partial charge in [0.15, 0.2) is 6.07 Å². The van der Waals surface area contributed by atoms with Crippen molar-refractivity contribution in [1.82, 2.24) is 0 Å². The van der Waals surface area contributed by atoms with Crippen LogP contribution in [0.3, 0.4) is 0 Å². The van der Waals surface area contributed by atoms with Crippen LogP contribution in [0, 0.1) is 23.2 Å². The van der Waals surface area contributed by atoms with Gasteiger partial charge in [-0.05, 0) is 32.0 Å². The molecule has 0 fully saturated rings.